The molecule has 0 aromatic rings. The highest BCUT2D eigenvalue weighted by Gasteiger charge is 2.30. The first kappa shape index (κ1) is 18.9. The summed E-state index contributed by atoms with van der Waals surface area (Å²) in [6, 6.07) is 0.662. The predicted molar refractivity (Wildman–Crippen MR) is 103 cm³/mol. The van der Waals surface area contributed by atoms with Crippen LogP contribution in [0.5, 0.6) is 0 Å². The molecule has 3 rings (SSSR count). The number of nitrogens with zero attached hydrogens (tertiary/aromatic N) is 4. The number of aliphatic imine (C=N–C) groups is 1. The summed E-state index contributed by atoms with van der Waals surface area (Å²) >= 11 is 0. The first-order valence-corrected chi connectivity index (χ1v) is 10.3. The van der Waals surface area contributed by atoms with Gasteiger partial charge in [-0.3, -0.25) is 9.89 Å². The van der Waals surface area contributed by atoms with Crippen LogP contribution in [-0.2, 0) is 4.74 Å². The van der Waals surface area contributed by atoms with Crippen molar-refractivity contribution in [1.82, 2.24) is 20.0 Å². The second-order valence-corrected chi connectivity index (χ2v) is 7.84. The van der Waals surface area contributed by atoms with Crippen molar-refractivity contribution in [2.24, 2.45) is 10.9 Å². The van der Waals surface area contributed by atoms with E-state index in [1.54, 1.807) is 0 Å². The van der Waals surface area contributed by atoms with Gasteiger partial charge in [0.15, 0.2) is 5.96 Å². The van der Waals surface area contributed by atoms with Gasteiger partial charge >= 0.3 is 0 Å². The van der Waals surface area contributed by atoms with Gasteiger partial charge < -0.3 is 19.9 Å². The number of ether oxygens (including phenoxy) is 1. The Labute approximate surface area is 153 Å². The van der Waals surface area contributed by atoms with Crippen LogP contribution >= 0.6 is 0 Å². The molecular formula is C19H37N5O. The van der Waals surface area contributed by atoms with Crippen molar-refractivity contribution in [1.29, 1.82) is 0 Å². The molecule has 1 N–H and O–H groups in total. The molecular weight excluding hydrogens is 314 g/mol. The van der Waals surface area contributed by atoms with E-state index in [2.05, 4.69) is 33.9 Å². The fraction of sp³-hybridized carbons (Fsp3) is 0.947. The van der Waals surface area contributed by atoms with Crippen LogP contribution in [0, 0.1) is 5.92 Å². The third kappa shape index (κ3) is 5.56. The normalized spacial score (nSPS) is 27.8. The molecule has 0 amide bonds. The highest BCUT2D eigenvalue weighted by molar-refractivity contribution is 5.80. The molecule has 0 saturated carbocycles. The van der Waals surface area contributed by atoms with Crippen LogP contribution in [-0.4, -0.2) is 98.8 Å². The largest absolute Gasteiger partial charge is 0.379 e. The minimum Gasteiger partial charge on any atom is -0.379 e. The molecule has 0 aliphatic carbocycles. The number of guanidine groups is 1. The third-order valence-corrected chi connectivity index (χ3v) is 5.68. The minimum atomic E-state index is 0.629. The molecule has 0 spiro atoms. The molecule has 2 unspecified atom stereocenters. The maximum atomic E-state index is 5.50. The average molecular weight is 352 g/mol. The summed E-state index contributed by atoms with van der Waals surface area (Å²) < 4.78 is 5.50. The first-order valence-electron chi connectivity index (χ1n) is 10.3. The van der Waals surface area contributed by atoms with Gasteiger partial charge in [0.05, 0.1) is 13.2 Å². The van der Waals surface area contributed by atoms with E-state index in [4.69, 9.17) is 9.73 Å². The van der Waals surface area contributed by atoms with E-state index in [1.165, 1.54) is 38.9 Å². The van der Waals surface area contributed by atoms with Crippen LogP contribution in [0.25, 0.3) is 0 Å². The highest BCUT2D eigenvalue weighted by Crippen LogP contribution is 2.17. The van der Waals surface area contributed by atoms with Gasteiger partial charge in [-0.05, 0) is 45.2 Å². The summed E-state index contributed by atoms with van der Waals surface area (Å²) in [4.78, 5) is 12.6. The van der Waals surface area contributed by atoms with Crippen LogP contribution in [0.3, 0.4) is 0 Å². The summed E-state index contributed by atoms with van der Waals surface area (Å²) in [5, 5.41) is 3.52. The molecule has 0 aromatic heterocycles. The van der Waals surface area contributed by atoms with Gasteiger partial charge in [0, 0.05) is 51.9 Å². The van der Waals surface area contributed by atoms with E-state index in [0.29, 0.717) is 12.0 Å². The van der Waals surface area contributed by atoms with Gasteiger partial charge in [0.25, 0.3) is 0 Å². The van der Waals surface area contributed by atoms with Crippen LogP contribution in [0.2, 0.25) is 0 Å². The molecule has 2 atom stereocenters. The number of morpholine rings is 1. The van der Waals surface area contributed by atoms with Crippen molar-refractivity contribution in [2.45, 2.75) is 39.2 Å². The van der Waals surface area contributed by atoms with Crippen molar-refractivity contribution < 1.29 is 4.74 Å². The van der Waals surface area contributed by atoms with Crippen LogP contribution in [0.1, 0.15) is 33.1 Å². The van der Waals surface area contributed by atoms with Crippen molar-refractivity contribution in [3.05, 3.63) is 0 Å². The zero-order valence-electron chi connectivity index (χ0n) is 16.3. The standard InChI is InChI=1S/C19H37N5O/c1-3-20-19(21-14-17(2)15-22-7-4-5-8-22)24-9-6-18(16-24)23-10-12-25-13-11-23/h17-18H,3-16H2,1-2H3,(H,20,21). The molecule has 3 fully saturated rings. The van der Waals surface area contributed by atoms with Gasteiger partial charge in [0.1, 0.15) is 0 Å². The van der Waals surface area contributed by atoms with Gasteiger partial charge in [0.2, 0.25) is 0 Å². The second-order valence-electron chi connectivity index (χ2n) is 7.84. The smallest absolute Gasteiger partial charge is 0.193 e. The monoisotopic (exact) mass is 351 g/mol. The summed E-state index contributed by atoms with van der Waals surface area (Å²) in [5.74, 6) is 1.75. The van der Waals surface area contributed by atoms with Crippen LogP contribution in [0.4, 0.5) is 0 Å². The molecule has 6 nitrogen and oxygen atoms in total. The molecule has 3 heterocycles. The van der Waals surface area contributed by atoms with Crippen molar-refractivity contribution in [3.63, 3.8) is 0 Å². The Morgan fingerprint density at radius 1 is 1.16 bits per heavy atom. The number of likely N-dealkylation sites (tertiary alicyclic amines) is 2. The molecule has 0 radical (unpaired) electrons. The summed E-state index contributed by atoms with van der Waals surface area (Å²) in [7, 11) is 0. The Morgan fingerprint density at radius 3 is 2.64 bits per heavy atom. The lowest BCUT2D eigenvalue weighted by molar-refractivity contribution is 0.0195. The van der Waals surface area contributed by atoms with Gasteiger partial charge in [-0.25, -0.2) is 0 Å². The molecule has 3 aliphatic rings. The Hall–Kier alpha value is -0.850. The Balaban J connectivity index is 1.49. The lowest BCUT2D eigenvalue weighted by Gasteiger charge is -2.32. The van der Waals surface area contributed by atoms with Crippen LogP contribution < -0.4 is 5.32 Å². The van der Waals surface area contributed by atoms with E-state index in [1.807, 2.05) is 0 Å². The minimum absolute atomic E-state index is 0.629. The quantitative estimate of drug-likeness (QED) is 0.573. The van der Waals surface area contributed by atoms with Gasteiger partial charge in [-0.1, -0.05) is 6.92 Å². The molecule has 6 heteroatoms. The lowest BCUT2D eigenvalue weighted by atomic mass is 10.2. The molecule has 144 valence electrons. The highest BCUT2D eigenvalue weighted by atomic mass is 16.5. The first-order chi connectivity index (χ1) is 12.3. The number of nitrogens with one attached hydrogen (secondary N) is 1. The summed E-state index contributed by atoms with van der Waals surface area (Å²) in [6.45, 7) is 16.3. The molecule has 3 saturated heterocycles. The summed E-state index contributed by atoms with van der Waals surface area (Å²) in [6.07, 6.45) is 3.98. The van der Waals surface area contributed by atoms with Crippen LogP contribution in [0.15, 0.2) is 4.99 Å². The average Bonchev–Trinajstić information content (AvgIpc) is 3.31. The van der Waals surface area contributed by atoms with Gasteiger partial charge in [-0.15, -0.1) is 0 Å². The van der Waals surface area contributed by atoms with Crippen molar-refractivity contribution in [2.75, 3.05) is 72.1 Å². The van der Waals surface area contributed by atoms with E-state index in [9.17, 15) is 0 Å². The van der Waals surface area contributed by atoms with Crippen molar-refractivity contribution >= 4 is 5.96 Å². The Bertz CT molecular complexity index is 418. The fourth-order valence-electron chi connectivity index (χ4n) is 4.31. The SMILES string of the molecule is CCNC(=NCC(C)CN1CCCC1)N1CCC(N2CCOCC2)C1. The second kappa shape index (κ2) is 9.74. The van der Waals surface area contributed by atoms with Gasteiger partial charge in [-0.2, -0.15) is 0 Å². The molecule has 3 aliphatic heterocycles. The molecule has 25 heavy (non-hydrogen) atoms. The predicted octanol–water partition coefficient (Wildman–Crippen LogP) is 1.09. The Morgan fingerprint density at radius 2 is 1.92 bits per heavy atom. The third-order valence-electron chi connectivity index (χ3n) is 5.68. The number of hydrogen-bond acceptors (Lipinski definition) is 4. The lowest BCUT2D eigenvalue weighted by Crippen LogP contribution is -2.46. The fourth-order valence-corrected chi connectivity index (χ4v) is 4.31. The molecule has 0 aromatic carbocycles. The summed E-state index contributed by atoms with van der Waals surface area (Å²) in [5.41, 5.74) is 0. The van der Waals surface area contributed by atoms with E-state index >= 15 is 0 Å². The maximum Gasteiger partial charge on any atom is 0.193 e. The number of rotatable bonds is 6. The topological polar surface area (TPSA) is 43.3 Å². The molecule has 0 bridgehead atoms. The Kier molecular flexibility index (Phi) is 7.37. The van der Waals surface area contributed by atoms with E-state index < -0.39 is 0 Å². The maximum absolute atomic E-state index is 5.50. The zero-order chi connectivity index (χ0) is 17.5. The van der Waals surface area contributed by atoms with Crippen molar-refractivity contribution in [3.8, 4) is 0 Å². The van der Waals surface area contributed by atoms with E-state index in [-0.39, 0.29) is 0 Å². The zero-order valence-corrected chi connectivity index (χ0v) is 16.3. The number of hydrogen-bond donors (Lipinski definition) is 1. The van der Waals surface area contributed by atoms with E-state index in [0.717, 1.165) is 58.4 Å².